The summed E-state index contributed by atoms with van der Waals surface area (Å²) in [5, 5.41) is 2.56. The van der Waals surface area contributed by atoms with Gasteiger partial charge >= 0.3 is 6.18 Å². The molecule has 150 valence electrons. The maximum Gasteiger partial charge on any atom is 0.416 e. The lowest BCUT2D eigenvalue weighted by Crippen LogP contribution is -2.52. The highest BCUT2D eigenvalue weighted by atomic mass is 19.4. The van der Waals surface area contributed by atoms with E-state index in [1.165, 1.54) is 24.3 Å². The predicted molar refractivity (Wildman–Crippen MR) is 99.7 cm³/mol. The van der Waals surface area contributed by atoms with Crippen LogP contribution < -0.4 is 10.2 Å². The van der Waals surface area contributed by atoms with Crippen LogP contribution in [0.3, 0.4) is 0 Å². The fourth-order valence-electron chi connectivity index (χ4n) is 3.21. The first kappa shape index (κ1) is 20.1. The predicted octanol–water partition coefficient (Wildman–Crippen LogP) is 3.99. The molecule has 28 heavy (non-hydrogen) atoms. The molecule has 0 saturated carbocycles. The second-order valence-corrected chi connectivity index (χ2v) is 6.74. The zero-order valence-corrected chi connectivity index (χ0v) is 15.3. The minimum absolute atomic E-state index is 0.122. The maximum atomic E-state index is 13.0. The van der Waals surface area contributed by atoms with Gasteiger partial charge in [-0.15, -0.1) is 0 Å². The largest absolute Gasteiger partial charge is 0.416 e. The smallest absolute Gasteiger partial charge is 0.369 e. The van der Waals surface area contributed by atoms with Gasteiger partial charge in [0.2, 0.25) is 5.91 Å². The number of rotatable bonds is 4. The van der Waals surface area contributed by atoms with Crippen molar-refractivity contribution in [1.82, 2.24) is 4.90 Å². The van der Waals surface area contributed by atoms with Crippen molar-refractivity contribution in [2.24, 2.45) is 0 Å². The van der Waals surface area contributed by atoms with Gasteiger partial charge < -0.3 is 10.2 Å². The normalized spacial score (nSPS) is 16.7. The van der Waals surface area contributed by atoms with E-state index >= 15 is 0 Å². The second-order valence-electron chi connectivity index (χ2n) is 6.74. The number of halogens is 4. The molecule has 0 aliphatic carbocycles. The lowest BCUT2D eigenvalue weighted by molar-refractivity contribution is -0.137. The molecule has 2 aromatic carbocycles. The molecule has 0 spiro atoms. The van der Waals surface area contributed by atoms with Crippen molar-refractivity contribution < 1.29 is 22.4 Å². The summed E-state index contributed by atoms with van der Waals surface area (Å²) in [6.45, 7) is 4.32. The SMILES string of the molecule is C[C@H](C(=O)Nc1cccc(C(F)(F)F)c1)N1CCN(c2ccc(F)cc2)CC1. The van der Waals surface area contributed by atoms with Crippen molar-refractivity contribution in [2.45, 2.75) is 19.1 Å². The first-order valence-corrected chi connectivity index (χ1v) is 8.97. The van der Waals surface area contributed by atoms with Crippen LogP contribution in [0.5, 0.6) is 0 Å². The standard InChI is InChI=1S/C20H21F4N3O/c1-14(19(28)25-17-4-2-3-15(13-17)20(22,23)24)26-9-11-27(12-10-26)18-7-5-16(21)6-8-18/h2-8,13-14H,9-12H2,1H3,(H,25,28)/t14-/m1/s1. The van der Waals surface area contributed by atoms with E-state index in [-0.39, 0.29) is 17.4 Å². The van der Waals surface area contributed by atoms with Crippen LogP contribution in [0.1, 0.15) is 12.5 Å². The Kier molecular flexibility index (Phi) is 5.88. The quantitative estimate of drug-likeness (QED) is 0.795. The summed E-state index contributed by atoms with van der Waals surface area (Å²) >= 11 is 0. The zero-order valence-electron chi connectivity index (χ0n) is 15.3. The van der Waals surface area contributed by atoms with E-state index in [1.54, 1.807) is 19.1 Å². The van der Waals surface area contributed by atoms with E-state index < -0.39 is 17.8 Å². The molecule has 1 saturated heterocycles. The van der Waals surface area contributed by atoms with Crippen molar-refractivity contribution in [3.8, 4) is 0 Å². The molecule has 1 N–H and O–H groups in total. The van der Waals surface area contributed by atoms with Crippen LogP contribution in [0.4, 0.5) is 28.9 Å². The number of alkyl halides is 3. The monoisotopic (exact) mass is 395 g/mol. The van der Waals surface area contributed by atoms with E-state index in [0.29, 0.717) is 26.2 Å². The van der Waals surface area contributed by atoms with E-state index in [4.69, 9.17) is 0 Å². The molecule has 1 heterocycles. The molecule has 1 aliphatic heterocycles. The van der Waals surface area contributed by atoms with Gasteiger partial charge in [-0.05, 0) is 49.4 Å². The third kappa shape index (κ3) is 4.81. The number of nitrogens with one attached hydrogen (secondary N) is 1. The van der Waals surface area contributed by atoms with Crippen LogP contribution in [0, 0.1) is 5.82 Å². The Hall–Kier alpha value is -2.61. The number of benzene rings is 2. The molecule has 1 atom stereocenters. The summed E-state index contributed by atoms with van der Waals surface area (Å²) in [5.41, 5.74) is 0.240. The lowest BCUT2D eigenvalue weighted by atomic mass is 10.1. The highest BCUT2D eigenvalue weighted by molar-refractivity contribution is 5.94. The van der Waals surface area contributed by atoms with Gasteiger partial charge in [-0.1, -0.05) is 6.07 Å². The fourth-order valence-corrected chi connectivity index (χ4v) is 3.21. The third-order valence-electron chi connectivity index (χ3n) is 4.89. The number of carbonyl (C=O) groups is 1. The Labute approximate surface area is 160 Å². The van der Waals surface area contributed by atoms with E-state index in [9.17, 15) is 22.4 Å². The summed E-state index contributed by atoms with van der Waals surface area (Å²) in [4.78, 5) is 16.6. The van der Waals surface area contributed by atoms with E-state index in [1.807, 2.05) is 4.90 Å². The highest BCUT2D eigenvalue weighted by Gasteiger charge is 2.31. The molecule has 0 radical (unpaired) electrons. The summed E-state index contributed by atoms with van der Waals surface area (Å²) in [6, 6.07) is 10.4. The van der Waals surface area contributed by atoms with Crippen molar-refractivity contribution in [3.63, 3.8) is 0 Å². The van der Waals surface area contributed by atoms with Gasteiger partial charge in [0.05, 0.1) is 11.6 Å². The number of piperazine rings is 1. The van der Waals surface area contributed by atoms with E-state index in [2.05, 4.69) is 10.2 Å². The van der Waals surface area contributed by atoms with Crippen molar-refractivity contribution in [1.29, 1.82) is 0 Å². The molecule has 3 rings (SSSR count). The molecule has 1 fully saturated rings. The van der Waals surface area contributed by atoms with Crippen molar-refractivity contribution >= 4 is 17.3 Å². The van der Waals surface area contributed by atoms with Gasteiger partial charge in [-0.25, -0.2) is 4.39 Å². The maximum absolute atomic E-state index is 13.0. The first-order valence-electron chi connectivity index (χ1n) is 8.97. The first-order chi connectivity index (χ1) is 13.2. The van der Waals surface area contributed by atoms with Crippen LogP contribution in [-0.2, 0) is 11.0 Å². The molecular weight excluding hydrogens is 374 g/mol. The van der Waals surface area contributed by atoms with Gasteiger partial charge in [0.15, 0.2) is 0 Å². The molecule has 0 bridgehead atoms. The summed E-state index contributed by atoms with van der Waals surface area (Å²) in [5.74, 6) is -0.642. The number of nitrogens with zero attached hydrogens (tertiary/aromatic N) is 2. The second kappa shape index (κ2) is 8.18. The van der Waals surface area contributed by atoms with Gasteiger partial charge in [0.25, 0.3) is 0 Å². The topological polar surface area (TPSA) is 35.6 Å². The lowest BCUT2D eigenvalue weighted by Gasteiger charge is -2.38. The van der Waals surface area contributed by atoms with Crippen LogP contribution >= 0.6 is 0 Å². The number of anilines is 2. The Balaban J connectivity index is 1.57. The molecule has 1 amide bonds. The van der Waals surface area contributed by atoms with Gasteiger partial charge in [-0.3, -0.25) is 9.69 Å². The fraction of sp³-hybridized carbons (Fsp3) is 0.350. The highest BCUT2D eigenvalue weighted by Crippen LogP contribution is 2.30. The molecule has 0 aromatic heterocycles. The Morgan fingerprint density at radius 3 is 2.29 bits per heavy atom. The minimum atomic E-state index is -4.46. The Morgan fingerprint density at radius 2 is 1.68 bits per heavy atom. The van der Waals surface area contributed by atoms with Gasteiger partial charge in [0, 0.05) is 37.6 Å². The Morgan fingerprint density at radius 1 is 1.04 bits per heavy atom. The average molecular weight is 395 g/mol. The summed E-state index contributed by atoms with van der Waals surface area (Å²) in [7, 11) is 0. The zero-order chi connectivity index (χ0) is 20.3. The minimum Gasteiger partial charge on any atom is -0.369 e. The average Bonchev–Trinajstić information content (AvgIpc) is 2.68. The van der Waals surface area contributed by atoms with Crippen molar-refractivity contribution in [2.75, 3.05) is 36.4 Å². The summed E-state index contributed by atoms with van der Waals surface area (Å²) < 4.78 is 51.5. The number of hydrogen-bond donors (Lipinski definition) is 1. The van der Waals surface area contributed by atoms with Crippen LogP contribution in [0.25, 0.3) is 0 Å². The van der Waals surface area contributed by atoms with Crippen LogP contribution in [0.15, 0.2) is 48.5 Å². The summed E-state index contributed by atoms with van der Waals surface area (Å²) in [6.07, 6.45) is -4.46. The van der Waals surface area contributed by atoms with Crippen LogP contribution in [-0.4, -0.2) is 43.0 Å². The molecule has 0 unspecified atom stereocenters. The van der Waals surface area contributed by atoms with Gasteiger partial charge in [-0.2, -0.15) is 13.2 Å². The molecular formula is C20H21F4N3O. The molecule has 4 nitrogen and oxygen atoms in total. The number of carbonyl (C=O) groups excluding carboxylic acids is 1. The third-order valence-corrected chi connectivity index (χ3v) is 4.89. The number of amides is 1. The number of hydrogen-bond acceptors (Lipinski definition) is 3. The van der Waals surface area contributed by atoms with Gasteiger partial charge in [0.1, 0.15) is 5.82 Å². The molecule has 2 aromatic rings. The van der Waals surface area contributed by atoms with E-state index in [0.717, 1.165) is 17.8 Å². The van der Waals surface area contributed by atoms with Crippen LogP contribution in [0.2, 0.25) is 0 Å². The van der Waals surface area contributed by atoms with Crippen molar-refractivity contribution in [3.05, 3.63) is 59.9 Å². The Bertz CT molecular complexity index is 815. The molecule has 8 heteroatoms. The molecule has 1 aliphatic rings.